The number of rotatable bonds is 9. The van der Waals surface area contributed by atoms with E-state index in [0.717, 1.165) is 27.8 Å². The number of hydrogen-bond acceptors (Lipinski definition) is 6. The van der Waals surface area contributed by atoms with Crippen molar-refractivity contribution in [1.29, 1.82) is 0 Å². The lowest BCUT2D eigenvalue weighted by Crippen LogP contribution is -2.25. The van der Waals surface area contributed by atoms with E-state index in [4.69, 9.17) is 9.47 Å². The molecule has 0 saturated carbocycles. The normalized spacial score (nSPS) is 12.3. The van der Waals surface area contributed by atoms with Crippen molar-refractivity contribution in [3.63, 3.8) is 0 Å². The molecule has 0 aliphatic heterocycles. The minimum absolute atomic E-state index is 0.0134. The van der Waals surface area contributed by atoms with Crippen LogP contribution in [0.15, 0.2) is 156 Å². The topological polar surface area (TPSA) is 89.4 Å². The van der Waals surface area contributed by atoms with Gasteiger partial charge in [-0.2, -0.15) is 10.2 Å². The Labute approximate surface area is 304 Å². The molecule has 6 aromatic carbocycles. The number of azo groups is 1. The molecule has 0 spiro atoms. The van der Waals surface area contributed by atoms with Gasteiger partial charge in [0.1, 0.15) is 12.2 Å². The van der Waals surface area contributed by atoms with Crippen LogP contribution in [-0.2, 0) is 16.0 Å². The maximum Gasteiger partial charge on any atom is 0.407 e. The van der Waals surface area contributed by atoms with E-state index in [1.54, 1.807) is 12.1 Å². The smallest absolute Gasteiger partial charge is 0.407 e. The lowest BCUT2D eigenvalue weighted by molar-refractivity contribution is 0.00694. The third-order valence-corrected chi connectivity index (χ3v) is 8.87. The van der Waals surface area contributed by atoms with Crippen LogP contribution in [0.25, 0.3) is 33.4 Å². The number of fused-ring (bicyclic) bond motifs is 3. The Bertz CT molecular complexity index is 2220. The number of alkyl carbamates (subject to hydrolysis) is 1. The van der Waals surface area contributed by atoms with Crippen LogP contribution in [0.5, 0.6) is 0 Å². The van der Waals surface area contributed by atoms with Crippen molar-refractivity contribution in [1.82, 2.24) is 5.32 Å². The van der Waals surface area contributed by atoms with Crippen LogP contribution < -0.4 is 5.32 Å². The third kappa shape index (κ3) is 8.00. The molecular weight excluding hydrogens is 647 g/mol. The molecule has 7 heteroatoms. The zero-order valence-corrected chi connectivity index (χ0v) is 29.4. The Morgan fingerprint density at radius 1 is 0.615 bits per heavy atom. The molecule has 0 unspecified atom stereocenters. The second-order valence-electron chi connectivity index (χ2n) is 13.8. The number of nitrogens with zero attached hydrogens (tertiary/aromatic N) is 2. The van der Waals surface area contributed by atoms with Crippen LogP contribution in [0.4, 0.5) is 16.2 Å². The average Bonchev–Trinajstić information content (AvgIpc) is 3.48. The van der Waals surface area contributed by atoms with Gasteiger partial charge in [-0.3, -0.25) is 0 Å². The zero-order valence-electron chi connectivity index (χ0n) is 29.4. The monoisotopic (exact) mass is 685 g/mol. The van der Waals surface area contributed by atoms with E-state index in [1.807, 2.05) is 124 Å². The summed E-state index contributed by atoms with van der Waals surface area (Å²) in [5, 5.41) is 11.9. The average molecular weight is 686 g/mol. The van der Waals surface area contributed by atoms with Gasteiger partial charge in [0.15, 0.2) is 0 Å². The summed E-state index contributed by atoms with van der Waals surface area (Å²) in [5.74, 6) is -0.333. The molecule has 0 bridgehead atoms. The number of benzene rings is 6. The lowest BCUT2D eigenvalue weighted by atomic mass is 9.98. The number of amides is 1. The second-order valence-corrected chi connectivity index (χ2v) is 13.8. The molecule has 7 rings (SSSR count). The minimum atomic E-state index is -0.550. The number of hydrogen-bond donors (Lipinski definition) is 1. The summed E-state index contributed by atoms with van der Waals surface area (Å²) in [6.07, 6.45) is -0.448. The molecule has 7 nitrogen and oxygen atoms in total. The number of carbonyl (C=O) groups excluding carboxylic acids is 2. The van der Waals surface area contributed by atoms with Crippen LogP contribution >= 0.6 is 0 Å². The van der Waals surface area contributed by atoms with E-state index >= 15 is 0 Å². The molecule has 0 radical (unpaired) electrons. The minimum Gasteiger partial charge on any atom is -0.456 e. The molecule has 1 aliphatic carbocycles. The molecule has 0 atom stereocenters. The molecule has 1 amide bonds. The van der Waals surface area contributed by atoms with E-state index < -0.39 is 11.7 Å². The van der Waals surface area contributed by atoms with Crippen LogP contribution in [0, 0.1) is 0 Å². The summed E-state index contributed by atoms with van der Waals surface area (Å²) >= 11 is 0. The number of carbonyl (C=O) groups is 2. The van der Waals surface area contributed by atoms with Gasteiger partial charge in [0, 0.05) is 12.5 Å². The van der Waals surface area contributed by atoms with Gasteiger partial charge in [0.05, 0.1) is 16.9 Å². The molecule has 258 valence electrons. The van der Waals surface area contributed by atoms with E-state index in [-0.39, 0.29) is 18.5 Å². The fourth-order valence-corrected chi connectivity index (χ4v) is 6.43. The lowest BCUT2D eigenvalue weighted by Gasteiger charge is -2.19. The third-order valence-electron chi connectivity index (χ3n) is 8.87. The summed E-state index contributed by atoms with van der Waals surface area (Å²) in [6.45, 7) is 6.16. The first-order valence-corrected chi connectivity index (χ1v) is 17.3. The van der Waals surface area contributed by atoms with Crippen molar-refractivity contribution >= 4 is 23.4 Å². The van der Waals surface area contributed by atoms with E-state index in [2.05, 4.69) is 45.9 Å². The predicted molar refractivity (Wildman–Crippen MR) is 205 cm³/mol. The predicted octanol–water partition coefficient (Wildman–Crippen LogP) is 11.4. The Morgan fingerprint density at radius 2 is 1.15 bits per heavy atom. The SMILES string of the molecule is CC(C)(C)OC(=O)c1ccc(-c2cccc(N=Nc3cccc(-c4cccc(CNC(=O)OCC5c6ccccc6-c6ccccc65)c4)c3)c2)cc1. The first-order chi connectivity index (χ1) is 25.2. The quantitative estimate of drug-likeness (QED) is 0.121. The van der Waals surface area contributed by atoms with Crippen LogP contribution in [0.3, 0.4) is 0 Å². The molecule has 0 heterocycles. The molecule has 0 aromatic heterocycles. The highest BCUT2D eigenvalue weighted by molar-refractivity contribution is 5.90. The Hall–Kier alpha value is -6.34. The Morgan fingerprint density at radius 3 is 1.75 bits per heavy atom. The van der Waals surface area contributed by atoms with Crippen molar-refractivity contribution in [2.45, 2.75) is 38.8 Å². The fraction of sp³-hybridized carbons (Fsp3) is 0.156. The van der Waals surface area contributed by atoms with Gasteiger partial charge in [-0.25, -0.2) is 9.59 Å². The van der Waals surface area contributed by atoms with Gasteiger partial charge in [0.25, 0.3) is 0 Å². The van der Waals surface area contributed by atoms with E-state index in [0.29, 0.717) is 23.5 Å². The van der Waals surface area contributed by atoms with Gasteiger partial charge < -0.3 is 14.8 Å². The van der Waals surface area contributed by atoms with Crippen molar-refractivity contribution in [3.05, 3.63) is 168 Å². The standard InChI is InChI=1S/C45H39N3O4/c1-45(2,3)52-43(49)32-23-21-31(22-24-32)34-13-9-15-36(26-34)47-48-37-16-10-14-35(27-37)33-12-8-11-30(25-33)28-46-44(50)51-29-42-40-19-6-4-17-38(40)39-18-5-7-20-41(39)42/h4-27,42H,28-29H2,1-3H3,(H,46,50). The van der Waals surface area contributed by atoms with Gasteiger partial charge in [0.2, 0.25) is 0 Å². The van der Waals surface area contributed by atoms with Crippen molar-refractivity contribution < 1.29 is 19.1 Å². The van der Waals surface area contributed by atoms with Crippen molar-refractivity contribution in [3.8, 4) is 33.4 Å². The molecule has 0 saturated heterocycles. The highest BCUT2D eigenvalue weighted by Gasteiger charge is 2.29. The van der Waals surface area contributed by atoms with Gasteiger partial charge in [-0.05, 0) is 113 Å². The Kier molecular flexibility index (Phi) is 9.76. The van der Waals surface area contributed by atoms with Gasteiger partial charge >= 0.3 is 12.1 Å². The molecule has 6 aromatic rings. The maximum atomic E-state index is 12.8. The van der Waals surface area contributed by atoms with E-state index in [1.165, 1.54) is 22.3 Å². The number of ether oxygens (including phenoxy) is 2. The second kappa shape index (κ2) is 14.9. The summed E-state index contributed by atoms with van der Waals surface area (Å²) in [5.41, 5.74) is 11.0. The highest BCUT2D eigenvalue weighted by atomic mass is 16.6. The van der Waals surface area contributed by atoms with Crippen LogP contribution in [0.1, 0.15) is 53.7 Å². The van der Waals surface area contributed by atoms with E-state index in [9.17, 15) is 9.59 Å². The molecule has 52 heavy (non-hydrogen) atoms. The molecular formula is C45H39N3O4. The maximum absolute atomic E-state index is 12.8. The Balaban J connectivity index is 0.965. The summed E-state index contributed by atoms with van der Waals surface area (Å²) in [6, 6.07) is 47.7. The van der Waals surface area contributed by atoms with Crippen LogP contribution in [0.2, 0.25) is 0 Å². The number of nitrogens with one attached hydrogen (secondary N) is 1. The number of esters is 1. The zero-order chi connectivity index (χ0) is 36.1. The highest BCUT2D eigenvalue weighted by Crippen LogP contribution is 2.44. The van der Waals surface area contributed by atoms with Gasteiger partial charge in [-0.1, -0.05) is 103 Å². The first kappa shape index (κ1) is 34.1. The van der Waals surface area contributed by atoms with Crippen molar-refractivity contribution in [2.75, 3.05) is 6.61 Å². The van der Waals surface area contributed by atoms with Gasteiger partial charge in [-0.15, -0.1) is 0 Å². The summed E-state index contributed by atoms with van der Waals surface area (Å²) < 4.78 is 11.2. The summed E-state index contributed by atoms with van der Waals surface area (Å²) in [7, 11) is 0. The molecule has 0 fully saturated rings. The first-order valence-electron chi connectivity index (χ1n) is 17.3. The summed E-state index contributed by atoms with van der Waals surface area (Å²) in [4.78, 5) is 25.2. The van der Waals surface area contributed by atoms with Crippen LogP contribution in [-0.4, -0.2) is 24.3 Å². The molecule has 1 N–H and O–H groups in total. The fourth-order valence-electron chi connectivity index (χ4n) is 6.43. The van der Waals surface area contributed by atoms with Crippen molar-refractivity contribution in [2.24, 2.45) is 10.2 Å². The largest absolute Gasteiger partial charge is 0.456 e. The molecule has 1 aliphatic rings.